The molecule has 1 fully saturated rings. The van der Waals surface area contributed by atoms with Gasteiger partial charge in [0, 0.05) is 31.7 Å². The SMILES string of the molecule is CC1CN(C(CN)c2ccc(Cl)c(Cl)c2)CC1N(C)C. The van der Waals surface area contributed by atoms with Crippen molar-refractivity contribution in [2.24, 2.45) is 11.7 Å². The van der Waals surface area contributed by atoms with Crippen LogP contribution in [0.3, 0.4) is 0 Å². The molecule has 1 aliphatic rings. The fraction of sp³-hybridized carbons (Fsp3) is 0.600. The number of halogens is 2. The molecule has 1 saturated heterocycles. The zero-order valence-corrected chi connectivity index (χ0v) is 13.8. The molecule has 0 bridgehead atoms. The van der Waals surface area contributed by atoms with Crippen LogP contribution in [0.5, 0.6) is 0 Å². The summed E-state index contributed by atoms with van der Waals surface area (Å²) in [5.74, 6) is 0.641. The number of nitrogens with zero attached hydrogens (tertiary/aromatic N) is 2. The molecule has 1 aromatic rings. The van der Waals surface area contributed by atoms with E-state index in [0.29, 0.717) is 28.5 Å². The van der Waals surface area contributed by atoms with Crippen molar-refractivity contribution in [2.75, 3.05) is 33.7 Å². The molecular weight excluding hydrogens is 293 g/mol. The number of nitrogens with two attached hydrogens (primary N) is 1. The third-order valence-electron chi connectivity index (χ3n) is 4.26. The van der Waals surface area contributed by atoms with Crippen LogP contribution in [-0.4, -0.2) is 49.6 Å². The number of benzene rings is 1. The van der Waals surface area contributed by atoms with Crippen molar-refractivity contribution in [3.63, 3.8) is 0 Å². The zero-order chi connectivity index (χ0) is 14.9. The molecule has 1 aliphatic heterocycles. The molecule has 3 nitrogen and oxygen atoms in total. The lowest BCUT2D eigenvalue weighted by Gasteiger charge is -2.28. The minimum absolute atomic E-state index is 0.206. The van der Waals surface area contributed by atoms with Crippen molar-refractivity contribution in [3.05, 3.63) is 33.8 Å². The van der Waals surface area contributed by atoms with E-state index in [9.17, 15) is 0 Å². The maximum absolute atomic E-state index is 6.13. The van der Waals surface area contributed by atoms with Gasteiger partial charge in [-0.15, -0.1) is 0 Å². The normalized spacial score (nSPS) is 25.4. The molecular formula is C15H23Cl2N3. The van der Waals surface area contributed by atoms with Gasteiger partial charge in [-0.3, -0.25) is 4.90 Å². The minimum Gasteiger partial charge on any atom is -0.329 e. The van der Waals surface area contributed by atoms with Crippen LogP contribution < -0.4 is 5.73 Å². The topological polar surface area (TPSA) is 32.5 Å². The lowest BCUT2D eigenvalue weighted by molar-refractivity contribution is 0.219. The Bertz CT molecular complexity index is 464. The quantitative estimate of drug-likeness (QED) is 0.927. The molecule has 2 rings (SSSR count). The van der Waals surface area contributed by atoms with E-state index in [2.05, 4.69) is 30.8 Å². The van der Waals surface area contributed by atoms with Gasteiger partial charge in [-0.2, -0.15) is 0 Å². The van der Waals surface area contributed by atoms with Crippen LogP contribution in [-0.2, 0) is 0 Å². The molecule has 3 unspecified atom stereocenters. The monoisotopic (exact) mass is 315 g/mol. The molecule has 3 atom stereocenters. The Balaban J connectivity index is 2.18. The minimum atomic E-state index is 0.206. The molecule has 2 N–H and O–H groups in total. The van der Waals surface area contributed by atoms with Crippen molar-refractivity contribution in [1.29, 1.82) is 0 Å². The molecule has 112 valence electrons. The van der Waals surface area contributed by atoms with Crippen molar-refractivity contribution in [2.45, 2.75) is 19.0 Å². The molecule has 20 heavy (non-hydrogen) atoms. The van der Waals surface area contributed by atoms with E-state index in [1.807, 2.05) is 18.2 Å². The Hall–Kier alpha value is -0.320. The van der Waals surface area contributed by atoms with Crippen molar-refractivity contribution >= 4 is 23.2 Å². The van der Waals surface area contributed by atoms with E-state index >= 15 is 0 Å². The van der Waals surface area contributed by atoms with Crippen LogP contribution in [0.25, 0.3) is 0 Å². The second-order valence-electron chi connectivity index (χ2n) is 5.89. The summed E-state index contributed by atoms with van der Waals surface area (Å²) in [6.07, 6.45) is 0. The van der Waals surface area contributed by atoms with Crippen LogP contribution in [0, 0.1) is 5.92 Å². The summed E-state index contributed by atoms with van der Waals surface area (Å²) in [5, 5.41) is 1.19. The Morgan fingerprint density at radius 1 is 1.30 bits per heavy atom. The molecule has 0 aliphatic carbocycles. The fourth-order valence-electron chi connectivity index (χ4n) is 3.13. The first-order valence-corrected chi connectivity index (χ1v) is 7.75. The zero-order valence-electron chi connectivity index (χ0n) is 12.3. The smallest absolute Gasteiger partial charge is 0.0595 e. The maximum atomic E-state index is 6.13. The van der Waals surface area contributed by atoms with E-state index in [1.165, 1.54) is 0 Å². The second-order valence-corrected chi connectivity index (χ2v) is 6.70. The van der Waals surface area contributed by atoms with Gasteiger partial charge in [0.25, 0.3) is 0 Å². The van der Waals surface area contributed by atoms with Gasteiger partial charge in [0.2, 0.25) is 0 Å². The highest BCUT2D eigenvalue weighted by Crippen LogP contribution is 2.32. The molecule has 0 saturated carbocycles. The third kappa shape index (κ3) is 3.29. The van der Waals surface area contributed by atoms with E-state index in [-0.39, 0.29) is 6.04 Å². The summed E-state index contributed by atoms with van der Waals surface area (Å²) < 4.78 is 0. The van der Waals surface area contributed by atoms with E-state index in [0.717, 1.165) is 18.7 Å². The molecule has 0 spiro atoms. The number of likely N-dealkylation sites (tertiary alicyclic amines) is 1. The van der Waals surface area contributed by atoms with E-state index in [1.54, 1.807) is 0 Å². The number of hydrogen-bond donors (Lipinski definition) is 1. The number of likely N-dealkylation sites (N-methyl/N-ethyl adjacent to an activating group) is 1. The maximum Gasteiger partial charge on any atom is 0.0595 e. The van der Waals surface area contributed by atoms with Gasteiger partial charge in [0.15, 0.2) is 0 Å². The number of hydrogen-bond acceptors (Lipinski definition) is 3. The summed E-state index contributed by atoms with van der Waals surface area (Å²) in [4.78, 5) is 4.75. The van der Waals surface area contributed by atoms with Crippen LogP contribution in [0.15, 0.2) is 18.2 Å². The van der Waals surface area contributed by atoms with Gasteiger partial charge < -0.3 is 10.6 Å². The first kappa shape index (κ1) is 16.1. The highest BCUT2D eigenvalue weighted by atomic mass is 35.5. The van der Waals surface area contributed by atoms with Crippen LogP contribution in [0.1, 0.15) is 18.5 Å². The van der Waals surface area contributed by atoms with Crippen molar-refractivity contribution in [3.8, 4) is 0 Å². The summed E-state index contributed by atoms with van der Waals surface area (Å²) in [6, 6.07) is 6.60. The Morgan fingerprint density at radius 3 is 2.50 bits per heavy atom. The van der Waals surface area contributed by atoms with Gasteiger partial charge in [0.1, 0.15) is 0 Å². The first-order valence-electron chi connectivity index (χ1n) is 6.99. The average Bonchev–Trinajstić information content (AvgIpc) is 2.77. The molecule has 1 heterocycles. The van der Waals surface area contributed by atoms with Gasteiger partial charge in [-0.05, 0) is 37.7 Å². The van der Waals surface area contributed by atoms with Crippen LogP contribution in [0.2, 0.25) is 10.0 Å². The van der Waals surface area contributed by atoms with Gasteiger partial charge in [-0.1, -0.05) is 36.2 Å². The molecule has 1 aromatic carbocycles. The predicted octanol–water partition coefficient (Wildman–Crippen LogP) is 2.88. The van der Waals surface area contributed by atoms with Gasteiger partial charge in [0.05, 0.1) is 10.0 Å². The summed E-state index contributed by atoms with van der Waals surface area (Å²) in [6.45, 7) is 4.99. The van der Waals surface area contributed by atoms with E-state index in [4.69, 9.17) is 28.9 Å². The summed E-state index contributed by atoms with van der Waals surface area (Å²) in [5.41, 5.74) is 7.16. The Kier molecular flexibility index (Phi) is 5.32. The van der Waals surface area contributed by atoms with Crippen molar-refractivity contribution < 1.29 is 0 Å². The highest BCUT2D eigenvalue weighted by Gasteiger charge is 2.34. The molecule has 0 aromatic heterocycles. The number of rotatable bonds is 4. The lowest BCUT2D eigenvalue weighted by Crippen LogP contribution is -2.36. The largest absolute Gasteiger partial charge is 0.329 e. The molecule has 0 amide bonds. The Morgan fingerprint density at radius 2 is 2.00 bits per heavy atom. The van der Waals surface area contributed by atoms with Crippen LogP contribution >= 0.6 is 23.2 Å². The molecule has 5 heteroatoms. The van der Waals surface area contributed by atoms with Gasteiger partial charge >= 0.3 is 0 Å². The van der Waals surface area contributed by atoms with E-state index < -0.39 is 0 Å². The first-order chi connectivity index (χ1) is 9.43. The second kappa shape index (κ2) is 6.63. The predicted molar refractivity (Wildman–Crippen MR) is 86.5 cm³/mol. The summed E-state index contributed by atoms with van der Waals surface area (Å²) in [7, 11) is 4.28. The fourth-order valence-corrected chi connectivity index (χ4v) is 3.44. The van der Waals surface area contributed by atoms with Gasteiger partial charge in [-0.25, -0.2) is 0 Å². The Labute approximate surface area is 131 Å². The lowest BCUT2D eigenvalue weighted by atomic mass is 10.1. The van der Waals surface area contributed by atoms with Crippen molar-refractivity contribution in [1.82, 2.24) is 9.80 Å². The highest BCUT2D eigenvalue weighted by molar-refractivity contribution is 6.42. The summed E-state index contributed by atoms with van der Waals surface area (Å²) >= 11 is 12.1. The third-order valence-corrected chi connectivity index (χ3v) is 5.00. The standard InChI is InChI=1S/C15H23Cl2N3/c1-10-8-20(9-15(10)19(2)3)14(7-18)11-4-5-12(16)13(17)6-11/h4-6,10,14-15H,7-9,18H2,1-3H3. The van der Waals surface area contributed by atoms with Crippen LogP contribution in [0.4, 0.5) is 0 Å². The molecule has 0 radical (unpaired) electrons. The average molecular weight is 316 g/mol.